The van der Waals surface area contributed by atoms with E-state index in [0.717, 1.165) is 0 Å². The molecule has 0 aliphatic rings. The zero-order chi connectivity index (χ0) is 8.27. The first kappa shape index (κ1) is 7.67. The number of carbonyl (C=O) groups is 1. The highest BCUT2D eigenvalue weighted by Gasteiger charge is 2.03. The molecule has 1 heterocycles. The van der Waals surface area contributed by atoms with Crippen LogP contribution in [0.4, 0.5) is 0 Å². The van der Waals surface area contributed by atoms with Crippen LogP contribution in [0.25, 0.3) is 0 Å². The van der Waals surface area contributed by atoms with E-state index in [1.165, 1.54) is 12.4 Å². The molecule has 1 rings (SSSR count). The predicted molar refractivity (Wildman–Crippen MR) is 39.5 cm³/mol. The Morgan fingerprint density at radius 3 is 2.91 bits per heavy atom. The second-order valence-corrected chi connectivity index (χ2v) is 2.09. The second-order valence-electron chi connectivity index (χ2n) is 1.70. The maximum Gasteiger partial charge on any atom is 0.319 e. The summed E-state index contributed by atoms with van der Waals surface area (Å²) in [5, 5.41) is 2.21. The van der Waals surface area contributed by atoms with E-state index in [4.69, 9.17) is 0 Å². The van der Waals surface area contributed by atoms with E-state index in [1.807, 2.05) is 0 Å². The number of aromatic nitrogens is 2. The predicted octanol–water partition coefficient (Wildman–Crippen LogP) is 1.05. The van der Waals surface area contributed by atoms with Gasteiger partial charge in [0, 0.05) is 17.6 Å². The van der Waals surface area contributed by atoms with Gasteiger partial charge < -0.3 is 4.98 Å². The van der Waals surface area contributed by atoms with Gasteiger partial charge in [-0.1, -0.05) is 0 Å². The molecule has 0 radical (unpaired) electrons. The van der Waals surface area contributed by atoms with Crippen LogP contribution < -0.4 is 0 Å². The van der Waals surface area contributed by atoms with E-state index in [9.17, 15) is 9.70 Å². The molecule has 0 unspecified atom stereocenters. The third-order valence-electron chi connectivity index (χ3n) is 1.00. The van der Waals surface area contributed by atoms with E-state index < -0.39 is 5.91 Å². The van der Waals surface area contributed by atoms with Crippen molar-refractivity contribution >= 4 is 18.1 Å². The van der Waals surface area contributed by atoms with Gasteiger partial charge in [-0.15, -0.1) is 4.91 Å². The highest BCUT2D eigenvalue weighted by Crippen LogP contribution is 1.95. The normalized spacial score (nSPS) is 9.09. The van der Waals surface area contributed by atoms with E-state index in [0.29, 0.717) is 0 Å². The molecule has 5 nitrogen and oxygen atoms in total. The minimum absolute atomic E-state index is 0.105. The van der Waals surface area contributed by atoms with Gasteiger partial charge in [0.15, 0.2) is 4.77 Å². The van der Waals surface area contributed by atoms with E-state index in [2.05, 4.69) is 27.4 Å². The van der Waals surface area contributed by atoms with E-state index >= 15 is 0 Å². The van der Waals surface area contributed by atoms with Crippen LogP contribution in [0.3, 0.4) is 0 Å². The van der Waals surface area contributed by atoms with Gasteiger partial charge in [-0.2, -0.15) is 0 Å². The Labute approximate surface area is 66.5 Å². The zero-order valence-corrected chi connectivity index (χ0v) is 6.09. The van der Waals surface area contributed by atoms with Crippen LogP contribution in [0.2, 0.25) is 0 Å². The van der Waals surface area contributed by atoms with Gasteiger partial charge in [-0.25, -0.2) is 4.98 Å². The molecule has 0 aromatic carbocycles. The van der Waals surface area contributed by atoms with Gasteiger partial charge in [-0.05, 0) is 12.2 Å². The number of rotatable bonds is 1. The summed E-state index contributed by atoms with van der Waals surface area (Å²) in [4.78, 5) is 26.4. The number of nitrogens with one attached hydrogen (secondary N) is 1. The van der Waals surface area contributed by atoms with E-state index in [-0.39, 0.29) is 10.3 Å². The minimum Gasteiger partial charge on any atom is -0.337 e. The minimum atomic E-state index is -0.858. The molecule has 0 atom stereocenters. The Kier molecular flexibility index (Phi) is 2.17. The molecular formula is C5H3N3O2S. The first-order valence-corrected chi connectivity index (χ1v) is 3.07. The van der Waals surface area contributed by atoms with Crippen molar-refractivity contribution in [2.24, 2.45) is 5.18 Å². The Hall–Kier alpha value is -1.43. The van der Waals surface area contributed by atoms with Gasteiger partial charge in [0.25, 0.3) is 0 Å². The largest absolute Gasteiger partial charge is 0.337 e. The maximum absolute atomic E-state index is 10.6. The second kappa shape index (κ2) is 3.11. The van der Waals surface area contributed by atoms with Gasteiger partial charge >= 0.3 is 5.91 Å². The Morgan fingerprint density at radius 1 is 1.73 bits per heavy atom. The summed E-state index contributed by atoms with van der Waals surface area (Å²) in [7, 11) is 0. The van der Waals surface area contributed by atoms with Crippen molar-refractivity contribution in [1.82, 2.24) is 9.97 Å². The van der Waals surface area contributed by atoms with Crippen molar-refractivity contribution in [3.05, 3.63) is 27.6 Å². The first-order valence-electron chi connectivity index (χ1n) is 2.66. The maximum atomic E-state index is 10.6. The molecule has 1 aromatic rings. The zero-order valence-electron chi connectivity index (χ0n) is 5.27. The molecule has 0 fully saturated rings. The SMILES string of the molecule is O=NC(=O)c1cnc(=S)[nH]c1. The highest BCUT2D eigenvalue weighted by molar-refractivity contribution is 7.71. The number of carbonyl (C=O) groups excluding carboxylic acids is 1. The average Bonchev–Trinajstić information content (AvgIpc) is 2.05. The third kappa shape index (κ3) is 1.74. The summed E-state index contributed by atoms with van der Waals surface area (Å²) in [6, 6.07) is 0. The molecule has 6 heteroatoms. The molecule has 1 amide bonds. The monoisotopic (exact) mass is 169 g/mol. The molecule has 0 aliphatic carbocycles. The van der Waals surface area contributed by atoms with Crippen molar-refractivity contribution in [3.63, 3.8) is 0 Å². The number of nitrogens with zero attached hydrogens (tertiary/aromatic N) is 2. The molecule has 0 aliphatic heterocycles. The van der Waals surface area contributed by atoms with Gasteiger partial charge in [-0.3, -0.25) is 4.79 Å². The standard InChI is InChI=1S/C5H3N3O2S/c9-4(8-10)3-1-6-5(11)7-2-3/h1-2H,(H,6,7,11). The molecule has 1 N–H and O–H groups in total. The lowest BCUT2D eigenvalue weighted by Crippen LogP contribution is -1.95. The Balaban J connectivity index is 3.08. The number of hydrogen-bond donors (Lipinski definition) is 1. The number of amides is 1. The number of hydrogen-bond acceptors (Lipinski definition) is 4. The van der Waals surface area contributed by atoms with Crippen LogP contribution in [0, 0.1) is 9.68 Å². The summed E-state index contributed by atoms with van der Waals surface area (Å²) in [5.41, 5.74) is 0.105. The summed E-state index contributed by atoms with van der Waals surface area (Å²) in [6.07, 6.45) is 2.49. The third-order valence-corrected chi connectivity index (χ3v) is 1.23. The van der Waals surface area contributed by atoms with Crippen molar-refractivity contribution in [2.75, 3.05) is 0 Å². The van der Waals surface area contributed by atoms with Crippen molar-refractivity contribution < 1.29 is 4.79 Å². The lowest BCUT2D eigenvalue weighted by molar-refractivity contribution is 0.1000. The Morgan fingerprint density at radius 2 is 2.45 bits per heavy atom. The molecular weight excluding hydrogens is 166 g/mol. The summed E-state index contributed by atoms with van der Waals surface area (Å²) < 4.78 is 0.257. The lowest BCUT2D eigenvalue weighted by Gasteiger charge is -1.88. The summed E-state index contributed by atoms with van der Waals surface area (Å²) in [5.74, 6) is -0.858. The highest BCUT2D eigenvalue weighted by atomic mass is 32.1. The molecule has 0 saturated heterocycles. The van der Waals surface area contributed by atoms with Crippen LogP contribution in [-0.4, -0.2) is 15.9 Å². The van der Waals surface area contributed by atoms with Crippen molar-refractivity contribution in [2.45, 2.75) is 0 Å². The van der Waals surface area contributed by atoms with Gasteiger partial charge in [0.2, 0.25) is 0 Å². The van der Waals surface area contributed by atoms with Crippen LogP contribution >= 0.6 is 12.2 Å². The van der Waals surface area contributed by atoms with Crippen LogP contribution in [-0.2, 0) is 0 Å². The van der Waals surface area contributed by atoms with Gasteiger partial charge in [0.05, 0.1) is 5.56 Å². The first-order chi connectivity index (χ1) is 5.24. The summed E-state index contributed by atoms with van der Waals surface area (Å²) in [6.45, 7) is 0. The quantitative estimate of drug-likeness (QED) is 0.503. The van der Waals surface area contributed by atoms with Crippen LogP contribution in [0.5, 0.6) is 0 Å². The fraction of sp³-hybridized carbons (Fsp3) is 0. The Bertz CT molecular complexity index is 325. The van der Waals surface area contributed by atoms with Crippen LogP contribution in [0.1, 0.15) is 10.4 Å². The molecule has 11 heavy (non-hydrogen) atoms. The lowest BCUT2D eigenvalue weighted by atomic mass is 10.3. The van der Waals surface area contributed by atoms with E-state index in [1.54, 1.807) is 0 Å². The molecule has 56 valence electrons. The number of H-pyrrole nitrogens is 1. The summed E-state index contributed by atoms with van der Waals surface area (Å²) >= 11 is 4.61. The van der Waals surface area contributed by atoms with Gasteiger partial charge in [0.1, 0.15) is 0 Å². The number of aromatic amines is 1. The smallest absolute Gasteiger partial charge is 0.319 e. The topological polar surface area (TPSA) is 75.2 Å². The fourth-order valence-corrected chi connectivity index (χ4v) is 0.623. The molecule has 1 aromatic heterocycles. The van der Waals surface area contributed by atoms with Crippen molar-refractivity contribution in [1.29, 1.82) is 0 Å². The number of nitroso groups, excluding NO2 is 1. The molecule has 0 spiro atoms. The van der Waals surface area contributed by atoms with Crippen molar-refractivity contribution in [3.8, 4) is 0 Å². The van der Waals surface area contributed by atoms with Crippen LogP contribution in [0.15, 0.2) is 17.6 Å². The molecule has 0 saturated carbocycles. The molecule has 0 bridgehead atoms. The fourth-order valence-electron chi connectivity index (χ4n) is 0.512. The average molecular weight is 169 g/mol.